The van der Waals surface area contributed by atoms with E-state index in [1.54, 1.807) is 0 Å². The Morgan fingerprint density at radius 2 is 0.545 bits per heavy atom. The van der Waals surface area contributed by atoms with Crippen molar-refractivity contribution < 1.29 is 8.95 Å². The molecule has 0 heterocycles. The Labute approximate surface area is 354 Å². The molecule has 0 fully saturated rings. The summed E-state index contributed by atoms with van der Waals surface area (Å²) in [4.78, 5) is 0. The fraction of sp³-hybridized carbons (Fsp3) is 0.250. The summed E-state index contributed by atoms with van der Waals surface area (Å²) in [5, 5.41) is 0. The van der Waals surface area contributed by atoms with Crippen LogP contribution in [0.4, 0.5) is 0 Å². The fourth-order valence-electron chi connectivity index (χ4n) is 6.53. The summed E-state index contributed by atoms with van der Waals surface area (Å²) in [5.41, 5.74) is 7.52. The van der Waals surface area contributed by atoms with E-state index in [0.29, 0.717) is 0 Å². The molecule has 0 bridgehead atoms. The minimum atomic E-state index is -2.67. The Morgan fingerprint density at radius 3 is 0.782 bits per heavy atom. The molecule has 0 aromatic heterocycles. The van der Waals surface area contributed by atoms with E-state index in [9.17, 15) is 0 Å². The summed E-state index contributed by atoms with van der Waals surface area (Å²) in [6, 6.07) is 59.0. The molecule has 6 aromatic rings. The van der Waals surface area contributed by atoms with Crippen LogP contribution in [0.15, 0.2) is 164 Å². The zero-order valence-electron chi connectivity index (χ0n) is 33.5. The monoisotopic (exact) mass is 1070 g/mol. The number of halogens is 3. The molecule has 7 heteroatoms. The minimum absolute atomic E-state index is 0.282. The van der Waals surface area contributed by atoms with E-state index >= 15 is 0 Å². The van der Waals surface area contributed by atoms with Crippen molar-refractivity contribution in [1.82, 2.24) is 0 Å². The first-order chi connectivity index (χ1) is 26.3. The summed E-state index contributed by atoms with van der Waals surface area (Å²) < 4.78 is 26.3. The van der Waals surface area contributed by atoms with Gasteiger partial charge in [0.15, 0.2) is 0 Å². The average Bonchev–Trinajstić information content (AvgIpc) is 3.19. The van der Waals surface area contributed by atoms with E-state index in [4.69, 9.17) is 8.95 Å². The van der Waals surface area contributed by atoms with Gasteiger partial charge in [-0.25, -0.2) is 0 Å². The van der Waals surface area contributed by atoms with Crippen LogP contribution >= 0.6 is 60.7 Å². The summed E-state index contributed by atoms with van der Waals surface area (Å²) in [7, 11) is -0.881. The van der Waals surface area contributed by atoms with Crippen LogP contribution < -0.4 is 0 Å². The molecule has 55 heavy (non-hydrogen) atoms. The fourth-order valence-corrected chi connectivity index (χ4v) is 23.9. The van der Waals surface area contributed by atoms with Crippen LogP contribution in [0.5, 0.6) is 0 Å². The molecule has 0 aliphatic rings. The summed E-state index contributed by atoms with van der Waals surface area (Å²) in [6.45, 7) is 20.8. The standard InChI is InChI=1S/C48H54BI3O3/c1-37-25-19-22-34-43(37)50(46(4,5)40-28-13-10-14-29-40)53-49(54-51(44-35-23-20-26-38(44)2)47(6,7)41-30-15-11-16-31-41)55-52(45-36-24-21-27-39(45)3)48(8,9)42-32-17-12-18-33-42/h10-36H,1-9H3. The van der Waals surface area contributed by atoms with Crippen molar-refractivity contribution >= 4 is 68.0 Å². The molecular weight excluding hydrogens is 1020 g/mol. The molecule has 0 radical (unpaired) electrons. The third-order valence-corrected chi connectivity index (χ3v) is 28.7. The molecular formula is C48H54BI3O3. The van der Waals surface area contributed by atoms with Gasteiger partial charge in [0.1, 0.15) is 0 Å². The summed E-state index contributed by atoms with van der Waals surface area (Å²) in [5.74, 6) is 0. The molecule has 0 unspecified atom stereocenters. The van der Waals surface area contributed by atoms with Crippen LogP contribution in [0, 0.1) is 31.5 Å². The molecule has 0 amide bonds. The quantitative estimate of drug-likeness (QED) is 0.0583. The van der Waals surface area contributed by atoms with Gasteiger partial charge in [0.2, 0.25) is 0 Å². The Balaban J connectivity index is 1.57. The van der Waals surface area contributed by atoms with Crippen LogP contribution in [0.3, 0.4) is 0 Å². The Hall–Kier alpha value is -2.55. The number of hydrogen-bond donors (Lipinski definition) is 0. The number of rotatable bonds is 15. The first kappa shape index (κ1) is 42.1. The van der Waals surface area contributed by atoms with Crippen LogP contribution in [-0.4, -0.2) is 7.32 Å². The number of hydrogen-bond acceptors (Lipinski definition) is 3. The van der Waals surface area contributed by atoms with E-state index in [1.165, 1.54) is 44.1 Å². The molecule has 0 N–H and O–H groups in total. The summed E-state index contributed by atoms with van der Waals surface area (Å²) in [6.07, 6.45) is 0. The number of aryl methyl sites for hydroxylation is 3. The molecule has 0 aliphatic carbocycles. The van der Waals surface area contributed by atoms with Crippen molar-refractivity contribution in [1.29, 1.82) is 0 Å². The normalized spacial score (nSPS) is 12.9. The van der Waals surface area contributed by atoms with Gasteiger partial charge in [-0.05, 0) is 0 Å². The van der Waals surface area contributed by atoms with Crippen molar-refractivity contribution in [3.63, 3.8) is 0 Å². The van der Waals surface area contributed by atoms with Gasteiger partial charge >= 0.3 is 357 Å². The van der Waals surface area contributed by atoms with Crippen molar-refractivity contribution in [3.8, 4) is 0 Å². The Bertz CT molecular complexity index is 1900. The van der Waals surface area contributed by atoms with Gasteiger partial charge in [-0.1, -0.05) is 0 Å². The van der Waals surface area contributed by atoms with E-state index in [0.717, 1.165) is 0 Å². The second-order valence-corrected chi connectivity index (χ2v) is 32.4. The van der Waals surface area contributed by atoms with Gasteiger partial charge in [0.05, 0.1) is 0 Å². The van der Waals surface area contributed by atoms with E-state index < -0.39 is 68.0 Å². The van der Waals surface area contributed by atoms with E-state index in [2.05, 4.69) is 226 Å². The van der Waals surface area contributed by atoms with Crippen LogP contribution in [0.25, 0.3) is 0 Å². The molecule has 0 saturated heterocycles. The van der Waals surface area contributed by atoms with Gasteiger partial charge < -0.3 is 0 Å². The zero-order valence-corrected chi connectivity index (χ0v) is 40.0. The first-order valence-corrected chi connectivity index (χ1v) is 27.9. The van der Waals surface area contributed by atoms with Crippen molar-refractivity contribution in [2.24, 2.45) is 0 Å². The third kappa shape index (κ3) is 9.61. The second-order valence-electron chi connectivity index (χ2n) is 15.1. The van der Waals surface area contributed by atoms with E-state index in [-0.39, 0.29) is 10.3 Å². The van der Waals surface area contributed by atoms with Crippen molar-refractivity contribution in [2.45, 2.75) is 72.6 Å². The van der Waals surface area contributed by atoms with Gasteiger partial charge in [-0.15, -0.1) is 0 Å². The summed E-state index contributed by atoms with van der Waals surface area (Å²) >= 11 is -8.01. The predicted octanol–water partition coefficient (Wildman–Crippen LogP) is 14.6. The zero-order chi connectivity index (χ0) is 39.2. The van der Waals surface area contributed by atoms with E-state index in [1.807, 2.05) is 0 Å². The van der Waals surface area contributed by atoms with Crippen LogP contribution in [-0.2, 0) is 19.2 Å². The molecule has 6 rings (SSSR count). The SMILES string of the molecule is Cc1ccccc1I(OB(OI(c1ccccc1C)C(C)(C)c1ccccc1)OI(c1ccccc1C)C(C)(C)c1ccccc1)C(C)(C)c1ccccc1. The molecule has 0 aliphatic heterocycles. The topological polar surface area (TPSA) is 27.7 Å². The maximum atomic E-state index is 7.77. The Kier molecular flexibility index (Phi) is 14.0. The van der Waals surface area contributed by atoms with Crippen molar-refractivity contribution in [2.75, 3.05) is 0 Å². The van der Waals surface area contributed by atoms with Crippen molar-refractivity contribution in [3.05, 3.63) is 208 Å². The van der Waals surface area contributed by atoms with Gasteiger partial charge in [0.25, 0.3) is 0 Å². The molecule has 0 saturated carbocycles. The van der Waals surface area contributed by atoms with Gasteiger partial charge in [-0.3, -0.25) is 0 Å². The molecule has 288 valence electrons. The molecule has 0 atom stereocenters. The maximum absolute atomic E-state index is 7.77. The third-order valence-electron chi connectivity index (χ3n) is 9.94. The second kappa shape index (κ2) is 18.4. The average molecular weight is 1070 g/mol. The molecule has 6 aromatic carbocycles. The Morgan fingerprint density at radius 1 is 0.327 bits per heavy atom. The first-order valence-electron chi connectivity index (χ1n) is 18.8. The van der Waals surface area contributed by atoms with Crippen LogP contribution in [0.2, 0.25) is 0 Å². The van der Waals surface area contributed by atoms with Crippen LogP contribution in [0.1, 0.15) is 74.9 Å². The number of benzene rings is 6. The van der Waals surface area contributed by atoms with Gasteiger partial charge in [0, 0.05) is 0 Å². The molecule has 0 spiro atoms. The molecule has 3 nitrogen and oxygen atoms in total. The predicted molar refractivity (Wildman–Crippen MR) is 259 cm³/mol. The van der Waals surface area contributed by atoms with Gasteiger partial charge in [-0.2, -0.15) is 0 Å². The number of alkyl halides is 3.